The Morgan fingerprint density at radius 1 is 0.556 bits per heavy atom. The van der Waals surface area contributed by atoms with E-state index in [-0.39, 0.29) is 0 Å². The highest BCUT2D eigenvalue weighted by Crippen LogP contribution is 2.11. The average molecular weight is 243 g/mol. The molecule has 0 atom stereocenters. The fourth-order valence-corrected chi connectivity index (χ4v) is 2.12. The molecule has 1 rings (SSSR count). The quantitative estimate of drug-likeness (QED) is 0.494. The SMILES string of the molecule is [C]1=C/C=C\C=C\C=C\CCCCCCCCCC/1. The van der Waals surface area contributed by atoms with Crippen molar-refractivity contribution in [2.24, 2.45) is 0 Å². The van der Waals surface area contributed by atoms with Gasteiger partial charge in [-0.25, -0.2) is 0 Å². The Labute approximate surface area is 113 Å². The van der Waals surface area contributed by atoms with Crippen LogP contribution in [0, 0.1) is 6.08 Å². The average Bonchev–Trinajstić information content (AvgIpc) is 2.39. The standard InChI is InChI=1S/C18H27/c1-2-4-6-8-10-12-14-16-18-17-15-13-11-9-7-5-3-1/h1-7H,8,10-18H2/b2-1+,5-3-,6-4+,9-7?. The van der Waals surface area contributed by atoms with Gasteiger partial charge in [0.25, 0.3) is 0 Å². The van der Waals surface area contributed by atoms with Crippen LogP contribution in [-0.2, 0) is 0 Å². The Balaban J connectivity index is 2.27. The molecule has 1 radical (unpaired) electrons. The van der Waals surface area contributed by atoms with Crippen molar-refractivity contribution in [1.82, 2.24) is 0 Å². The first-order valence-corrected chi connectivity index (χ1v) is 7.55. The van der Waals surface area contributed by atoms with E-state index in [2.05, 4.69) is 42.5 Å². The summed E-state index contributed by atoms with van der Waals surface area (Å²) in [4.78, 5) is 0. The van der Waals surface area contributed by atoms with Crippen molar-refractivity contribution in [3.63, 3.8) is 0 Å². The summed E-state index contributed by atoms with van der Waals surface area (Å²) in [7, 11) is 0. The van der Waals surface area contributed by atoms with Crippen molar-refractivity contribution in [2.75, 3.05) is 0 Å². The summed E-state index contributed by atoms with van der Waals surface area (Å²) < 4.78 is 0. The van der Waals surface area contributed by atoms with Crippen molar-refractivity contribution in [3.8, 4) is 0 Å². The minimum absolute atomic E-state index is 1.11. The summed E-state index contributed by atoms with van der Waals surface area (Å²) in [6, 6.07) is 0. The molecule has 0 aromatic heterocycles. The fraction of sp³-hybridized carbons (Fsp3) is 0.556. The highest BCUT2D eigenvalue weighted by Gasteiger charge is 1.91. The predicted molar refractivity (Wildman–Crippen MR) is 81.4 cm³/mol. The van der Waals surface area contributed by atoms with E-state index in [0.29, 0.717) is 0 Å². The number of hydrogen-bond donors (Lipinski definition) is 0. The molecule has 0 unspecified atom stereocenters. The van der Waals surface area contributed by atoms with Gasteiger partial charge in [-0.15, -0.1) is 0 Å². The third kappa shape index (κ3) is 10.1. The molecule has 0 saturated carbocycles. The van der Waals surface area contributed by atoms with Gasteiger partial charge in [0.2, 0.25) is 0 Å². The molecule has 1 aliphatic rings. The Morgan fingerprint density at radius 2 is 1.17 bits per heavy atom. The molecule has 0 N–H and O–H groups in total. The minimum Gasteiger partial charge on any atom is -0.0845 e. The van der Waals surface area contributed by atoms with Crippen molar-refractivity contribution >= 4 is 0 Å². The summed E-state index contributed by atoms with van der Waals surface area (Å²) in [5.74, 6) is 0. The lowest BCUT2D eigenvalue weighted by molar-refractivity contribution is 0.570. The third-order valence-corrected chi connectivity index (χ3v) is 3.24. The van der Waals surface area contributed by atoms with Gasteiger partial charge in [0.05, 0.1) is 0 Å². The van der Waals surface area contributed by atoms with Gasteiger partial charge in [-0.3, -0.25) is 0 Å². The van der Waals surface area contributed by atoms with Gasteiger partial charge in [0, 0.05) is 0 Å². The minimum atomic E-state index is 1.11. The van der Waals surface area contributed by atoms with E-state index in [1.165, 1.54) is 57.8 Å². The molecule has 0 nitrogen and oxygen atoms in total. The monoisotopic (exact) mass is 243 g/mol. The van der Waals surface area contributed by atoms with Crippen molar-refractivity contribution in [1.29, 1.82) is 0 Å². The maximum atomic E-state index is 3.33. The van der Waals surface area contributed by atoms with Gasteiger partial charge < -0.3 is 0 Å². The topological polar surface area (TPSA) is 0 Å². The largest absolute Gasteiger partial charge is 0.0845 e. The second-order valence-electron chi connectivity index (χ2n) is 4.94. The second kappa shape index (κ2) is 12.4. The molecule has 0 heteroatoms. The van der Waals surface area contributed by atoms with Crippen molar-refractivity contribution in [2.45, 2.75) is 64.2 Å². The molecule has 0 aromatic rings. The van der Waals surface area contributed by atoms with Crippen LogP contribution in [0.15, 0.2) is 42.5 Å². The molecule has 0 bridgehead atoms. The Bertz CT molecular complexity index is 248. The normalized spacial score (nSPS) is 27.6. The maximum absolute atomic E-state index is 3.33. The molecule has 0 saturated heterocycles. The smallest absolute Gasteiger partial charge is 0.0276 e. The zero-order valence-corrected chi connectivity index (χ0v) is 11.6. The van der Waals surface area contributed by atoms with E-state index in [1.54, 1.807) is 0 Å². The molecule has 99 valence electrons. The molecule has 0 heterocycles. The van der Waals surface area contributed by atoms with E-state index in [9.17, 15) is 0 Å². The Hall–Kier alpha value is -1.04. The van der Waals surface area contributed by atoms with Crippen LogP contribution in [0.1, 0.15) is 64.2 Å². The first-order valence-electron chi connectivity index (χ1n) is 7.55. The Morgan fingerprint density at radius 3 is 2.00 bits per heavy atom. The molecular weight excluding hydrogens is 216 g/mol. The summed E-state index contributed by atoms with van der Waals surface area (Å²) in [5.41, 5.74) is 0. The zero-order chi connectivity index (χ0) is 12.7. The van der Waals surface area contributed by atoms with Crippen molar-refractivity contribution < 1.29 is 0 Å². The highest BCUT2D eigenvalue weighted by atomic mass is 14.0. The summed E-state index contributed by atoms with van der Waals surface area (Å²) in [6.07, 6.45) is 31.5. The van der Waals surface area contributed by atoms with Crippen LogP contribution in [0.3, 0.4) is 0 Å². The van der Waals surface area contributed by atoms with Crippen LogP contribution >= 0.6 is 0 Å². The number of hydrogen-bond acceptors (Lipinski definition) is 0. The fourth-order valence-electron chi connectivity index (χ4n) is 2.12. The molecule has 1 aliphatic carbocycles. The van der Waals surface area contributed by atoms with Crippen LogP contribution in [0.4, 0.5) is 0 Å². The van der Waals surface area contributed by atoms with Gasteiger partial charge in [0.15, 0.2) is 0 Å². The summed E-state index contributed by atoms with van der Waals surface area (Å²) in [6.45, 7) is 0. The van der Waals surface area contributed by atoms with E-state index < -0.39 is 0 Å². The van der Waals surface area contributed by atoms with Gasteiger partial charge in [-0.05, 0) is 31.8 Å². The van der Waals surface area contributed by atoms with Crippen LogP contribution in [0.25, 0.3) is 0 Å². The van der Waals surface area contributed by atoms with Gasteiger partial charge in [-0.2, -0.15) is 0 Å². The van der Waals surface area contributed by atoms with Gasteiger partial charge in [0.1, 0.15) is 0 Å². The first kappa shape index (κ1) is 15.0. The summed E-state index contributed by atoms with van der Waals surface area (Å²) >= 11 is 0. The summed E-state index contributed by atoms with van der Waals surface area (Å²) in [5, 5.41) is 0. The molecule has 0 amide bonds. The predicted octanol–water partition coefficient (Wildman–Crippen LogP) is 5.93. The van der Waals surface area contributed by atoms with Crippen LogP contribution in [0.5, 0.6) is 0 Å². The van der Waals surface area contributed by atoms with Crippen LogP contribution in [0.2, 0.25) is 0 Å². The third-order valence-electron chi connectivity index (χ3n) is 3.24. The number of rotatable bonds is 0. The zero-order valence-electron chi connectivity index (χ0n) is 11.6. The lowest BCUT2D eigenvalue weighted by atomic mass is 10.1. The van der Waals surface area contributed by atoms with Crippen LogP contribution < -0.4 is 0 Å². The first-order chi connectivity index (χ1) is 9.00. The highest BCUT2D eigenvalue weighted by molar-refractivity contribution is 5.14. The van der Waals surface area contributed by atoms with E-state index in [1.807, 2.05) is 6.08 Å². The van der Waals surface area contributed by atoms with Crippen LogP contribution in [-0.4, -0.2) is 0 Å². The Kier molecular flexibility index (Phi) is 10.4. The van der Waals surface area contributed by atoms with Gasteiger partial charge >= 0.3 is 0 Å². The lowest BCUT2D eigenvalue weighted by Gasteiger charge is -2.00. The second-order valence-corrected chi connectivity index (χ2v) is 4.94. The molecule has 0 spiro atoms. The van der Waals surface area contributed by atoms with E-state index in [0.717, 1.165) is 6.42 Å². The van der Waals surface area contributed by atoms with Gasteiger partial charge in [-0.1, -0.05) is 81.1 Å². The van der Waals surface area contributed by atoms with E-state index >= 15 is 0 Å². The molecule has 18 heavy (non-hydrogen) atoms. The lowest BCUT2D eigenvalue weighted by Crippen LogP contribution is -1.81. The van der Waals surface area contributed by atoms with E-state index in [4.69, 9.17) is 0 Å². The molecule has 0 fully saturated rings. The van der Waals surface area contributed by atoms with Crippen molar-refractivity contribution in [3.05, 3.63) is 48.6 Å². The number of allylic oxidation sites excluding steroid dienone is 8. The molecule has 0 aromatic carbocycles. The maximum Gasteiger partial charge on any atom is -0.0276 e. The molecular formula is C18H27. The molecule has 0 aliphatic heterocycles.